The van der Waals surface area contributed by atoms with Crippen molar-refractivity contribution in [2.75, 3.05) is 5.32 Å². The van der Waals surface area contributed by atoms with Crippen molar-refractivity contribution in [1.82, 2.24) is 4.72 Å². The molecule has 3 aromatic carbocycles. The Bertz CT molecular complexity index is 1080. The monoisotopic (exact) mass is 428 g/mol. The fourth-order valence-corrected chi connectivity index (χ4v) is 4.25. The number of hydrogen-bond donors (Lipinski definition) is 2. The second-order valence-electron chi connectivity index (χ2n) is 6.66. The highest BCUT2D eigenvalue weighted by atomic mass is 35.5. The lowest BCUT2D eigenvalue weighted by atomic mass is 10.0. The molecule has 1 unspecified atom stereocenters. The van der Waals surface area contributed by atoms with Gasteiger partial charge in [-0.1, -0.05) is 54.1 Å². The fraction of sp³-hybridized carbons (Fsp3) is 0.136. The van der Waals surface area contributed by atoms with E-state index < -0.39 is 16.1 Å². The van der Waals surface area contributed by atoms with E-state index in [2.05, 4.69) is 10.0 Å². The smallest absolute Gasteiger partial charge is 0.241 e. The molecule has 0 fully saturated rings. The molecule has 29 heavy (non-hydrogen) atoms. The van der Waals surface area contributed by atoms with E-state index in [0.29, 0.717) is 16.3 Å². The van der Waals surface area contributed by atoms with Crippen molar-refractivity contribution in [2.24, 2.45) is 0 Å². The molecule has 0 aliphatic heterocycles. The summed E-state index contributed by atoms with van der Waals surface area (Å²) < 4.78 is 28.3. The van der Waals surface area contributed by atoms with Crippen molar-refractivity contribution in [1.29, 1.82) is 0 Å². The first kappa shape index (κ1) is 21.0. The summed E-state index contributed by atoms with van der Waals surface area (Å²) in [6.07, 6.45) is -0.0508. The normalized spacial score (nSPS) is 12.3. The number of nitrogens with one attached hydrogen (secondary N) is 2. The largest absolute Gasteiger partial charge is 0.326 e. The van der Waals surface area contributed by atoms with Crippen LogP contribution in [0.2, 0.25) is 5.02 Å². The van der Waals surface area contributed by atoms with Gasteiger partial charge in [-0.25, -0.2) is 13.1 Å². The Balaban J connectivity index is 1.81. The van der Waals surface area contributed by atoms with Crippen molar-refractivity contribution in [3.8, 4) is 0 Å². The number of carbonyl (C=O) groups is 1. The number of rotatable bonds is 7. The summed E-state index contributed by atoms with van der Waals surface area (Å²) in [4.78, 5) is 12.7. The average Bonchev–Trinajstić information content (AvgIpc) is 2.68. The Labute approximate surface area is 175 Å². The van der Waals surface area contributed by atoms with Gasteiger partial charge in [-0.05, 0) is 54.4 Å². The number of sulfonamides is 1. The SMILES string of the molecule is Cc1cccc(NC(=O)CC(NS(=O)(=O)c2ccc(Cl)cc2)c2ccccc2)c1. The van der Waals surface area contributed by atoms with Gasteiger partial charge in [0.05, 0.1) is 10.9 Å². The lowest BCUT2D eigenvalue weighted by Gasteiger charge is -2.19. The zero-order valence-corrected chi connectivity index (χ0v) is 17.4. The number of aryl methyl sites for hydroxylation is 1. The summed E-state index contributed by atoms with van der Waals surface area (Å²) in [6, 6.07) is 21.6. The van der Waals surface area contributed by atoms with Crippen molar-refractivity contribution < 1.29 is 13.2 Å². The van der Waals surface area contributed by atoms with Gasteiger partial charge in [-0.3, -0.25) is 4.79 Å². The summed E-state index contributed by atoms with van der Waals surface area (Å²) >= 11 is 5.85. The Kier molecular flexibility index (Phi) is 6.69. The molecule has 0 bridgehead atoms. The number of amides is 1. The maximum atomic E-state index is 12.8. The van der Waals surface area contributed by atoms with Crippen molar-refractivity contribution >= 4 is 33.2 Å². The van der Waals surface area contributed by atoms with Gasteiger partial charge in [-0.2, -0.15) is 0 Å². The lowest BCUT2D eigenvalue weighted by molar-refractivity contribution is -0.116. The molecule has 0 radical (unpaired) electrons. The van der Waals surface area contributed by atoms with Crippen LogP contribution in [-0.4, -0.2) is 14.3 Å². The van der Waals surface area contributed by atoms with Gasteiger partial charge in [-0.15, -0.1) is 0 Å². The van der Waals surface area contributed by atoms with E-state index in [1.54, 1.807) is 30.3 Å². The number of halogens is 1. The molecule has 5 nitrogen and oxygen atoms in total. The highest BCUT2D eigenvalue weighted by Crippen LogP contribution is 2.22. The Morgan fingerprint density at radius 3 is 2.31 bits per heavy atom. The topological polar surface area (TPSA) is 75.3 Å². The molecule has 0 aliphatic rings. The van der Waals surface area contributed by atoms with Crippen LogP contribution in [0.4, 0.5) is 5.69 Å². The van der Waals surface area contributed by atoms with Gasteiger partial charge < -0.3 is 5.32 Å². The van der Waals surface area contributed by atoms with E-state index in [4.69, 9.17) is 11.6 Å². The number of carbonyl (C=O) groups excluding carboxylic acids is 1. The van der Waals surface area contributed by atoms with Crippen LogP contribution in [0.5, 0.6) is 0 Å². The molecule has 0 aromatic heterocycles. The molecule has 1 atom stereocenters. The Morgan fingerprint density at radius 2 is 1.66 bits per heavy atom. The maximum absolute atomic E-state index is 12.8. The number of anilines is 1. The summed E-state index contributed by atoms with van der Waals surface area (Å²) in [6.45, 7) is 1.93. The first-order valence-electron chi connectivity index (χ1n) is 9.03. The molecule has 0 saturated carbocycles. The molecule has 0 saturated heterocycles. The Morgan fingerprint density at radius 1 is 0.966 bits per heavy atom. The van der Waals surface area contributed by atoms with Gasteiger partial charge >= 0.3 is 0 Å². The predicted octanol–water partition coefficient (Wildman–Crippen LogP) is 4.70. The third-order valence-corrected chi connectivity index (χ3v) is 6.05. The van der Waals surface area contributed by atoms with Gasteiger partial charge in [0.1, 0.15) is 0 Å². The number of hydrogen-bond acceptors (Lipinski definition) is 3. The van der Waals surface area contributed by atoms with Crippen LogP contribution >= 0.6 is 11.6 Å². The lowest BCUT2D eigenvalue weighted by Crippen LogP contribution is -2.31. The minimum Gasteiger partial charge on any atom is -0.326 e. The van der Waals surface area contributed by atoms with E-state index >= 15 is 0 Å². The van der Waals surface area contributed by atoms with E-state index in [9.17, 15) is 13.2 Å². The summed E-state index contributed by atoms with van der Waals surface area (Å²) in [5, 5.41) is 3.27. The van der Waals surface area contributed by atoms with Crippen LogP contribution in [0.3, 0.4) is 0 Å². The average molecular weight is 429 g/mol. The minimum absolute atomic E-state index is 0.0508. The maximum Gasteiger partial charge on any atom is 0.241 e. The van der Waals surface area contributed by atoms with Crippen LogP contribution in [0.1, 0.15) is 23.6 Å². The standard InChI is InChI=1S/C22H21ClN2O3S/c1-16-6-5-9-19(14-16)24-22(26)15-21(17-7-3-2-4-8-17)25-29(27,28)20-12-10-18(23)11-13-20/h2-14,21,25H,15H2,1H3,(H,24,26). The van der Waals surface area contributed by atoms with E-state index in [1.165, 1.54) is 24.3 Å². The van der Waals surface area contributed by atoms with Crippen LogP contribution in [0.15, 0.2) is 83.8 Å². The van der Waals surface area contributed by atoms with Gasteiger partial charge in [0.25, 0.3) is 0 Å². The molecule has 3 aromatic rings. The fourth-order valence-electron chi connectivity index (χ4n) is 2.90. The molecule has 0 aliphatic carbocycles. The predicted molar refractivity (Wildman–Crippen MR) is 115 cm³/mol. The summed E-state index contributed by atoms with van der Waals surface area (Å²) in [7, 11) is -3.84. The highest BCUT2D eigenvalue weighted by molar-refractivity contribution is 7.89. The zero-order chi connectivity index (χ0) is 20.9. The van der Waals surface area contributed by atoms with Crippen LogP contribution in [-0.2, 0) is 14.8 Å². The van der Waals surface area contributed by atoms with Crippen molar-refractivity contribution in [3.05, 3.63) is 95.0 Å². The first-order valence-corrected chi connectivity index (χ1v) is 10.9. The first-order chi connectivity index (χ1) is 13.8. The molecular weight excluding hydrogens is 408 g/mol. The molecule has 0 spiro atoms. The van der Waals surface area contributed by atoms with E-state index in [0.717, 1.165) is 5.56 Å². The minimum atomic E-state index is -3.84. The second-order valence-corrected chi connectivity index (χ2v) is 8.81. The third-order valence-electron chi connectivity index (χ3n) is 4.31. The van der Waals surface area contributed by atoms with E-state index in [1.807, 2.05) is 31.2 Å². The molecule has 3 rings (SSSR count). The molecule has 1 amide bonds. The van der Waals surface area contributed by atoms with Crippen molar-refractivity contribution in [3.63, 3.8) is 0 Å². The van der Waals surface area contributed by atoms with E-state index in [-0.39, 0.29) is 17.2 Å². The molecule has 150 valence electrons. The van der Waals surface area contributed by atoms with Crippen LogP contribution in [0.25, 0.3) is 0 Å². The highest BCUT2D eigenvalue weighted by Gasteiger charge is 2.24. The van der Waals surface area contributed by atoms with Gasteiger partial charge in [0.2, 0.25) is 15.9 Å². The molecule has 7 heteroatoms. The molecule has 0 heterocycles. The molecule has 2 N–H and O–H groups in total. The van der Waals surface area contributed by atoms with Gasteiger partial charge in [0, 0.05) is 17.1 Å². The second kappa shape index (κ2) is 9.22. The number of benzene rings is 3. The Hall–Kier alpha value is -2.67. The molecular formula is C22H21ClN2O3S. The van der Waals surface area contributed by atoms with Crippen molar-refractivity contribution in [2.45, 2.75) is 24.3 Å². The quantitative estimate of drug-likeness (QED) is 0.572. The summed E-state index contributed by atoms with van der Waals surface area (Å²) in [5.74, 6) is -0.289. The third kappa shape index (κ3) is 5.90. The zero-order valence-electron chi connectivity index (χ0n) is 15.8. The van der Waals surface area contributed by atoms with Crippen LogP contribution in [0, 0.1) is 6.92 Å². The van der Waals surface area contributed by atoms with Crippen LogP contribution < -0.4 is 10.0 Å². The summed E-state index contributed by atoms with van der Waals surface area (Å²) in [5.41, 5.74) is 2.39. The van der Waals surface area contributed by atoms with Gasteiger partial charge in [0.15, 0.2) is 0 Å².